The van der Waals surface area contributed by atoms with Gasteiger partial charge in [0, 0.05) is 13.1 Å². The molecule has 1 heterocycles. The van der Waals surface area contributed by atoms with Crippen LogP contribution >= 0.6 is 0 Å². The maximum absolute atomic E-state index is 11.8. The number of nitrogens with one attached hydrogen (secondary N) is 1. The van der Waals surface area contributed by atoms with Gasteiger partial charge in [-0.1, -0.05) is 12.1 Å². The topological polar surface area (TPSA) is 123 Å². The number of carbonyl (C=O) groups excluding carboxylic acids is 1. The number of anilines is 1. The van der Waals surface area contributed by atoms with Crippen molar-refractivity contribution in [1.29, 1.82) is 5.26 Å². The van der Waals surface area contributed by atoms with Crippen LogP contribution in [0.2, 0.25) is 0 Å². The van der Waals surface area contributed by atoms with Gasteiger partial charge in [-0.2, -0.15) is 10.4 Å². The zero-order valence-electron chi connectivity index (χ0n) is 11.5. The molecule has 0 saturated carbocycles. The van der Waals surface area contributed by atoms with E-state index in [4.69, 9.17) is 10.00 Å². The largest absolute Gasteiger partial charge is 0.477 e. The molecule has 9 heteroatoms. The van der Waals surface area contributed by atoms with E-state index in [9.17, 15) is 14.9 Å². The van der Waals surface area contributed by atoms with Gasteiger partial charge in [-0.15, -0.1) is 0 Å². The summed E-state index contributed by atoms with van der Waals surface area (Å²) in [6.45, 7) is -0.430. The molecule has 22 heavy (non-hydrogen) atoms. The summed E-state index contributed by atoms with van der Waals surface area (Å²) in [5, 5.41) is 26.0. The van der Waals surface area contributed by atoms with Crippen LogP contribution in [0.3, 0.4) is 0 Å². The van der Waals surface area contributed by atoms with Gasteiger partial charge in [-0.25, -0.2) is 0 Å². The molecule has 1 N–H and O–H groups in total. The number of amides is 1. The number of nitriles is 1. The van der Waals surface area contributed by atoms with Crippen molar-refractivity contribution in [3.8, 4) is 11.8 Å². The number of carbonyl (C=O) groups is 1. The summed E-state index contributed by atoms with van der Waals surface area (Å²) in [5.41, 5.74) is -0.0184. The summed E-state index contributed by atoms with van der Waals surface area (Å²) in [4.78, 5) is 22.1. The number of aromatic nitrogens is 2. The van der Waals surface area contributed by atoms with Crippen LogP contribution in [0.4, 0.5) is 11.5 Å². The Morgan fingerprint density at radius 1 is 1.55 bits per heavy atom. The summed E-state index contributed by atoms with van der Waals surface area (Å²) in [7, 11) is 1.57. The number of nitrogens with zero attached hydrogens (tertiary/aromatic N) is 4. The molecular weight excluding hydrogens is 290 g/mol. The second kappa shape index (κ2) is 6.36. The average Bonchev–Trinajstić information content (AvgIpc) is 2.86. The van der Waals surface area contributed by atoms with Crippen LogP contribution in [-0.2, 0) is 11.8 Å². The van der Waals surface area contributed by atoms with Crippen LogP contribution in [0.1, 0.15) is 5.56 Å². The summed E-state index contributed by atoms with van der Waals surface area (Å²) in [6.07, 6.45) is 1.32. The Morgan fingerprint density at radius 2 is 2.27 bits per heavy atom. The third-order valence-corrected chi connectivity index (χ3v) is 2.74. The second-order valence-corrected chi connectivity index (χ2v) is 4.20. The van der Waals surface area contributed by atoms with Crippen LogP contribution in [-0.4, -0.2) is 27.2 Å². The molecular formula is C13H11N5O4. The smallest absolute Gasteiger partial charge is 0.310 e. The molecule has 0 spiro atoms. The predicted octanol–water partition coefficient (Wildman–Crippen LogP) is 1.22. The highest BCUT2D eigenvalue weighted by atomic mass is 16.6. The van der Waals surface area contributed by atoms with Crippen molar-refractivity contribution in [2.45, 2.75) is 0 Å². The lowest BCUT2D eigenvalue weighted by Crippen LogP contribution is -2.22. The average molecular weight is 301 g/mol. The number of rotatable bonds is 5. The number of nitro groups is 1. The second-order valence-electron chi connectivity index (χ2n) is 4.20. The fraction of sp³-hybridized carbons (Fsp3) is 0.154. The quantitative estimate of drug-likeness (QED) is 0.654. The molecule has 1 aromatic carbocycles. The Labute approximate surface area is 124 Å². The first-order valence-electron chi connectivity index (χ1n) is 6.11. The summed E-state index contributed by atoms with van der Waals surface area (Å²) in [5.74, 6) is -0.329. The van der Waals surface area contributed by atoms with E-state index in [0.29, 0.717) is 0 Å². The van der Waals surface area contributed by atoms with Crippen molar-refractivity contribution >= 4 is 17.4 Å². The highest BCUT2D eigenvalue weighted by Gasteiger charge is 2.16. The Bertz CT molecular complexity index is 762. The third kappa shape index (κ3) is 3.18. The van der Waals surface area contributed by atoms with Crippen molar-refractivity contribution in [2.24, 2.45) is 7.05 Å². The van der Waals surface area contributed by atoms with Crippen molar-refractivity contribution in [3.63, 3.8) is 0 Å². The van der Waals surface area contributed by atoms with Gasteiger partial charge in [-0.05, 0) is 6.07 Å². The highest BCUT2D eigenvalue weighted by molar-refractivity contribution is 5.92. The lowest BCUT2D eigenvalue weighted by molar-refractivity contribution is -0.385. The molecule has 112 valence electrons. The van der Waals surface area contributed by atoms with E-state index >= 15 is 0 Å². The van der Waals surface area contributed by atoms with E-state index < -0.39 is 17.4 Å². The summed E-state index contributed by atoms with van der Waals surface area (Å²) < 4.78 is 6.49. The molecule has 0 saturated heterocycles. The fourth-order valence-electron chi connectivity index (χ4n) is 1.71. The number of nitro benzene ring substituents is 1. The highest BCUT2D eigenvalue weighted by Crippen LogP contribution is 2.25. The molecule has 0 radical (unpaired) electrons. The molecule has 0 unspecified atom stereocenters. The first-order valence-corrected chi connectivity index (χ1v) is 6.11. The standard InChI is InChI=1S/C13H11N5O4/c1-17-13(9(6-14)7-15-17)16-12(19)8-22-11-5-3-2-4-10(11)18(20)21/h2-5,7H,8H2,1H3,(H,16,19). The van der Waals surface area contributed by atoms with E-state index in [-0.39, 0.29) is 22.8 Å². The van der Waals surface area contributed by atoms with Crippen molar-refractivity contribution < 1.29 is 14.5 Å². The number of benzene rings is 1. The number of para-hydroxylation sites is 2. The molecule has 0 aliphatic heterocycles. The predicted molar refractivity (Wildman–Crippen MR) is 75.1 cm³/mol. The van der Waals surface area contributed by atoms with Crippen molar-refractivity contribution in [3.05, 3.63) is 46.1 Å². The van der Waals surface area contributed by atoms with E-state index in [2.05, 4.69) is 10.4 Å². The molecule has 0 aliphatic carbocycles. The van der Waals surface area contributed by atoms with E-state index in [1.54, 1.807) is 13.1 Å². The van der Waals surface area contributed by atoms with Crippen LogP contribution in [0, 0.1) is 21.4 Å². The number of ether oxygens (including phenoxy) is 1. The minimum absolute atomic E-state index is 0.00633. The number of aryl methyl sites for hydroxylation is 1. The van der Waals surface area contributed by atoms with Gasteiger partial charge >= 0.3 is 5.69 Å². The van der Waals surface area contributed by atoms with Gasteiger partial charge in [0.05, 0.1) is 11.1 Å². The molecule has 0 fully saturated rings. The summed E-state index contributed by atoms with van der Waals surface area (Å²) in [6, 6.07) is 7.63. The molecule has 1 aromatic heterocycles. The number of hydrogen-bond donors (Lipinski definition) is 1. The Morgan fingerprint density at radius 3 is 2.95 bits per heavy atom. The van der Waals surface area contributed by atoms with Crippen LogP contribution in [0.5, 0.6) is 5.75 Å². The van der Waals surface area contributed by atoms with E-state index in [1.165, 1.54) is 29.1 Å². The SMILES string of the molecule is Cn1ncc(C#N)c1NC(=O)COc1ccccc1[N+](=O)[O-]. The Kier molecular flexibility index (Phi) is 4.33. The molecule has 0 aliphatic rings. The molecule has 9 nitrogen and oxygen atoms in total. The first-order chi connectivity index (χ1) is 10.5. The lowest BCUT2D eigenvalue weighted by atomic mass is 10.3. The maximum Gasteiger partial charge on any atom is 0.310 e. The first kappa shape index (κ1) is 15.0. The van der Waals surface area contributed by atoms with Gasteiger partial charge in [0.2, 0.25) is 0 Å². The summed E-state index contributed by atoms with van der Waals surface area (Å²) >= 11 is 0. The fourth-order valence-corrected chi connectivity index (χ4v) is 1.71. The van der Waals surface area contributed by atoms with Gasteiger partial charge in [0.25, 0.3) is 5.91 Å². The van der Waals surface area contributed by atoms with Gasteiger partial charge in [0.15, 0.2) is 12.4 Å². The minimum Gasteiger partial charge on any atom is -0.477 e. The van der Waals surface area contributed by atoms with E-state index in [1.807, 2.05) is 6.07 Å². The zero-order chi connectivity index (χ0) is 16.1. The Hall–Kier alpha value is -3.41. The van der Waals surface area contributed by atoms with Crippen LogP contribution < -0.4 is 10.1 Å². The van der Waals surface area contributed by atoms with Crippen LogP contribution in [0.25, 0.3) is 0 Å². The molecule has 1 amide bonds. The molecule has 2 rings (SSSR count). The van der Waals surface area contributed by atoms with Gasteiger partial charge in [0.1, 0.15) is 17.5 Å². The third-order valence-electron chi connectivity index (χ3n) is 2.74. The molecule has 0 bridgehead atoms. The number of hydrogen-bond acceptors (Lipinski definition) is 6. The van der Waals surface area contributed by atoms with Crippen molar-refractivity contribution in [1.82, 2.24) is 9.78 Å². The van der Waals surface area contributed by atoms with Crippen LogP contribution in [0.15, 0.2) is 30.5 Å². The molecule has 2 aromatic rings. The monoisotopic (exact) mass is 301 g/mol. The van der Waals surface area contributed by atoms with E-state index in [0.717, 1.165) is 0 Å². The van der Waals surface area contributed by atoms with Crippen molar-refractivity contribution in [2.75, 3.05) is 11.9 Å². The molecule has 0 atom stereocenters. The normalized spacial score (nSPS) is 9.82. The lowest BCUT2D eigenvalue weighted by Gasteiger charge is -2.08. The minimum atomic E-state index is -0.595. The Balaban J connectivity index is 2.04. The van der Waals surface area contributed by atoms with Gasteiger partial charge in [-0.3, -0.25) is 19.6 Å². The zero-order valence-corrected chi connectivity index (χ0v) is 11.5. The van der Waals surface area contributed by atoms with Gasteiger partial charge < -0.3 is 10.1 Å². The maximum atomic E-state index is 11.8.